The molecule has 1 rings (SSSR count). The average molecular weight is 248 g/mol. The van der Waals surface area contributed by atoms with Crippen molar-refractivity contribution in [3.63, 3.8) is 0 Å². The van der Waals surface area contributed by atoms with Gasteiger partial charge in [0.25, 0.3) is 0 Å². The number of rotatable bonds is 6. The van der Waals surface area contributed by atoms with Crippen LogP contribution >= 0.6 is 0 Å². The first kappa shape index (κ1) is 16.9. The Kier molecular flexibility index (Phi) is 9.88. The van der Waals surface area contributed by atoms with Crippen LogP contribution in [0.1, 0.15) is 51.9 Å². The number of hydrogen-bond acceptors (Lipinski definition) is 4. The summed E-state index contributed by atoms with van der Waals surface area (Å²) in [4.78, 5) is 10.3. The largest absolute Gasteiger partial charge is 1.00 e. The van der Waals surface area contributed by atoms with Gasteiger partial charge in [-0.25, -0.2) is 0 Å². The van der Waals surface area contributed by atoms with Crippen molar-refractivity contribution in [2.45, 2.75) is 51.9 Å². The van der Waals surface area contributed by atoms with Gasteiger partial charge in [-0.2, -0.15) is 5.10 Å². The number of aliphatic carboxylic acids is 1. The van der Waals surface area contributed by atoms with Gasteiger partial charge in [-0.3, -0.25) is 0 Å². The van der Waals surface area contributed by atoms with Gasteiger partial charge in [0, 0.05) is 6.54 Å². The zero-order valence-corrected chi connectivity index (χ0v) is 13.0. The van der Waals surface area contributed by atoms with Crippen LogP contribution in [0.25, 0.3) is 0 Å². The fourth-order valence-corrected chi connectivity index (χ4v) is 2.17. The minimum absolute atomic E-state index is 0. The van der Waals surface area contributed by atoms with Crippen molar-refractivity contribution >= 4 is 11.7 Å². The molecule has 0 atom stereocenters. The summed E-state index contributed by atoms with van der Waals surface area (Å²) in [5.41, 5.74) is 2.78. The standard InChI is InChI=1S/C12H22N2O2.Na/c1-10(12(15)16)14-13-9-5-8-11-6-3-2-4-7-11;/h11,13H,2-9H2,1H3,(H,15,16);/q;+1/p-1. The summed E-state index contributed by atoms with van der Waals surface area (Å²) < 4.78 is 0. The topological polar surface area (TPSA) is 64.5 Å². The quantitative estimate of drug-likeness (QED) is 0.258. The smallest absolute Gasteiger partial charge is 0.543 e. The Hall–Kier alpha value is -0.0600. The molecule has 0 amide bonds. The van der Waals surface area contributed by atoms with Gasteiger partial charge in [-0.15, -0.1) is 0 Å². The molecule has 1 N–H and O–H groups in total. The molecular weight excluding hydrogens is 227 g/mol. The first-order valence-electron chi connectivity index (χ1n) is 6.18. The van der Waals surface area contributed by atoms with Crippen LogP contribution in [-0.4, -0.2) is 18.2 Å². The fraction of sp³-hybridized carbons (Fsp3) is 0.833. The molecule has 0 radical (unpaired) electrons. The van der Waals surface area contributed by atoms with Gasteiger partial charge in [0.2, 0.25) is 0 Å². The van der Waals surface area contributed by atoms with Gasteiger partial charge >= 0.3 is 29.6 Å². The Morgan fingerprint density at radius 2 is 2.00 bits per heavy atom. The third-order valence-electron chi connectivity index (χ3n) is 3.17. The molecule has 1 aliphatic carbocycles. The van der Waals surface area contributed by atoms with Crippen molar-refractivity contribution in [3.8, 4) is 0 Å². The van der Waals surface area contributed by atoms with Gasteiger partial charge < -0.3 is 15.3 Å². The summed E-state index contributed by atoms with van der Waals surface area (Å²) in [5, 5.41) is 14.0. The number of carboxylic acid groups (broad SMARTS) is 1. The van der Waals surface area contributed by atoms with Gasteiger partial charge in [-0.1, -0.05) is 32.1 Å². The second-order valence-electron chi connectivity index (χ2n) is 4.54. The van der Waals surface area contributed by atoms with Gasteiger partial charge in [0.15, 0.2) is 0 Å². The second kappa shape index (κ2) is 9.92. The van der Waals surface area contributed by atoms with E-state index >= 15 is 0 Å². The SMILES string of the molecule is CC(=NNCCCC1CCCCC1)C(=O)[O-].[Na+]. The summed E-state index contributed by atoms with van der Waals surface area (Å²) >= 11 is 0. The number of nitrogens with one attached hydrogen (secondary N) is 1. The molecule has 1 aliphatic rings. The molecular formula is C12H21N2NaO2. The zero-order chi connectivity index (χ0) is 11.8. The molecule has 0 aliphatic heterocycles. The molecule has 0 aromatic carbocycles. The molecule has 0 aromatic heterocycles. The number of carbonyl (C=O) groups is 1. The Bertz CT molecular complexity index is 251. The first-order chi connectivity index (χ1) is 7.70. The molecule has 0 heterocycles. The average Bonchev–Trinajstić information content (AvgIpc) is 2.29. The molecule has 0 aromatic rings. The van der Waals surface area contributed by atoms with Crippen LogP contribution in [-0.2, 0) is 4.79 Å². The van der Waals surface area contributed by atoms with Gasteiger partial charge in [0.05, 0.1) is 11.7 Å². The molecule has 0 saturated heterocycles. The Balaban J connectivity index is 0.00000256. The van der Waals surface area contributed by atoms with E-state index in [2.05, 4.69) is 10.5 Å². The molecule has 92 valence electrons. The second-order valence-corrected chi connectivity index (χ2v) is 4.54. The first-order valence-corrected chi connectivity index (χ1v) is 6.18. The summed E-state index contributed by atoms with van der Waals surface area (Å²) in [6, 6.07) is 0. The molecule has 17 heavy (non-hydrogen) atoms. The third-order valence-corrected chi connectivity index (χ3v) is 3.17. The van der Waals surface area contributed by atoms with Crippen molar-refractivity contribution in [1.82, 2.24) is 5.43 Å². The van der Waals surface area contributed by atoms with Gasteiger partial charge in [0.1, 0.15) is 0 Å². The fourth-order valence-electron chi connectivity index (χ4n) is 2.17. The molecule has 4 nitrogen and oxygen atoms in total. The van der Waals surface area contributed by atoms with E-state index < -0.39 is 5.97 Å². The third kappa shape index (κ3) is 7.79. The minimum Gasteiger partial charge on any atom is -0.543 e. The summed E-state index contributed by atoms with van der Waals surface area (Å²) in [5.74, 6) is -0.332. The summed E-state index contributed by atoms with van der Waals surface area (Å²) in [6.45, 7) is 2.19. The molecule has 0 unspecified atom stereocenters. The summed E-state index contributed by atoms with van der Waals surface area (Å²) in [6.07, 6.45) is 9.16. The van der Waals surface area contributed by atoms with E-state index in [1.807, 2.05) is 0 Å². The molecule has 0 bridgehead atoms. The predicted octanol–water partition coefficient (Wildman–Crippen LogP) is -1.93. The maximum absolute atomic E-state index is 10.3. The number of hydrazone groups is 1. The van der Waals surface area contributed by atoms with Crippen LogP contribution in [0.4, 0.5) is 0 Å². The van der Waals surface area contributed by atoms with Crippen LogP contribution in [0, 0.1) is 5.92 Å². The van der Waals surface area contributed by atoms with Crippen molar-refractivity contribution in [2.24, 2.45) is 11.0 Å². The van der Waals surface area contributed by atoms with Crippen LogP contribution in [0.15, 0.2) is 5.10 Å². The number of carbonyl (C=O) groups excluding carboxylic acids is 1. The Morgan fingerprint density at radius 1 is 1.35 bits per heavy atom. The van der Waals surface area contributed by atoms with E-state index in [4.69, 9.17) is 0 Å². The van der Waals surface area contributed by atoms with E-state index in [-0.39, 0.29) is 35.3 Å². The van der Waals surface area contributed by atoms with E-state index in [9.17, 15) is 9.90 Å². The number of hydrogen-bond donors (Lipinski definition) is 1. The van der Waals surface area contributed by atoms with Crippen molar-refractivity contribution in [1.29, 1.82) is 0 Å². The minimum atomic E-state index is -1.21. The maximum Gasteiger partial charge on any atom is 1.00 e. The zero-order valence-electron chi connectivity index (χ0n) is 11.0. The van der Waals surface area contributed by atoms with Crippen molar-refractivity contribution in [3.05, 3.63) is 0 Å². The van der Waals surface area contributed by atoms with Crippen LogP contribution < -0.4 is 40.1 Å². The van der Waals surface area contributed by atoms with Crippen LogP contribution in [0.3, 0.4) is 0 Å². The number of nitrogens with zero attached hydrogens (tertiary/aromatic N) is 1. The molecule has 5 heteroatoms. The predicted molar refractivity (Wildman–Crippen MR) is 61.9 cm³/mol. The number of carboxylic acids is 1. The van der Waals surface area contributed by atoms with E-state index in [1.165, 1.54) is 45.4 Å². The van der Waals surface area contributed by atoms with Crippen molar-refractivity contribution < 1.29 is 39.5 Å². The molecule has 0 spiro atoms. The summed E-state index contributed by atoms with van der Waals surface area (Å²) in [7, 11) is 0. The molecule has 1 saturated carbocycles. The van der Waals surface area contributed by atoms with Crippen molar-refractivity contribution in [2.75, 3.05) is 6.54 Å². The Morgan fingerprint density at radius 3 is 2.59 bits per heavy atom. The van der Waals surface area contributed by atoms with Crippen LogP contribution in [0.5, 0.6) is 0 Å². The Labute approximate surface area is 126 Å². The van der Waals surface area contributed by atoms with E-state index in [0.717, 1.165) is 18.9 Å². The van der Waals surface area contributed by atoms with E-state index in [1.54, 1.807) is 0 Å². The van der Waals surface area contributed by atoms with Gasteiger partial charge in [-0.05, 0) is 25.7 Å². The molecule has 1 fully saturated rings. The van der Waals surface area contributed by atoms with Crippen LogP contribution in [0.2, 0.25) is 0 Å². The van der Waals surface area contributed by atoms with E-state index in [0.29, 0.717) is 0 Å². The maximum atomic E-state index is 10.3. The monoisotopic (exact) mass is 248 g/mol. The normalized spacial score (nSPS) is 17.4.